The largest absolute Gasteiger partial charge is 0.261 e. The van der Waals surface area contributed by atoms with Gasteiger partial charge in [-0.1, -0.05) is 6.92 Å². The molecule has 108 valence electrons. The van der Waals surface area contributed by atoms with Gasteiger partial charge < -0.3 is 0 Å². The van der Waals surface area contributed by atoms with Gasteiger partial charge in [-0.2, -0.15) is 5.26 Å². The SMILES string of the molecule is CCc1nc(-c2cncc(F)c2)sc1-c1cc(C#N)ccn1. The van der Waals surface area contributed by atoms with Crippen LogP contribution in [0.15, 0.2) is 36.8 Å². The maximum atomic E-state index is 13.3. The number of aromatic nitrogens is 3. The molecule has 3 aromatic rings. The Morgan fingerprint density at radius 1 is 1.32 bits per heavy atom. The van der Waals surface area contributed by atoms with E-state index in [9.17, 15) is 4.39 Å². The molecule has 6 heteroatoms. The molecule has 0 radical (unpaired) electrons. The number of nitrogens with zero attached hydrogens (tertiary/aromatic N) is 4. The molecule has 0 aliphatic heterocycles. The molecule has 3 heterocycles. The predicted octanol–water partition coefficient (Wildman–Crippen LogP) is 3.84. The molecule has 0 unspecified atom stereocenters. The Kier molecular flexibility index (Phi) is 3.90. The molecule has 3 rings (SSSR count). The fourth-order valence-corrected chi connectivity index (χ4v) is 3.17. The van der Waals surface area contributed by atoms with E-state index in [0.29, 0.717) is 21.8 Å². The first-order chi connectivity index (χ1) is 10.7. The molecule has 0 spiro atoms. The highest BCUT2D eigenvalue weighted by atomic mass is 32.1. The first kappa shape index (κ1) is 14.3. The van der Waals surface area contributed by atoms with Crippen molar-refractivity contribution in [1.29, 1.82) is 5.26 Å². The average Bonchev–Trinajstić information content (AvgIpc) is 2.99. The van der Waals surface area contributed by atoms with E-state index in [-0.39, 0.29) is 0 Å². The van der Waals surface area contributed by atoms with E-state index in [1.165, 1.54) is 17.4 Å². The van der Waals surface area contributed by atoms with Crippen LogP contribution in [0.1, 0.15) is 18.2 Å². The second-order valence-electron chi connectivity index (χ2n) is 4.58. The molecule has 0 N–H and O–H groups in total. The molecule has 0 amide bonds. The molecule has 0 atom stereocenters. The summed E-state index contributed by atoms with van der Waals surface area (Å²) in [7, 11) is 0. The lowest BCUT2D eigenvalue weighted by atomic mass is 10.2. The lowest BCUT2D eigenvalue weighted by Crippen LogP contribution is -1.88. The molecule has 0 saturated heterocycles. The zero-order valence-electron chi connectivity index (χ0n) is 11.7. The second kappa shape index (κ2) is 6.00. The highest BCUT2D eigenvalue weighted by Crippen LogP contribution is 2.35. The minimum atomic E-state index is -0.392. The van der Waals surface area contributed by atoms with Crippen molar-refractivity contribution in [3.63, 3.8) is 0 Å². The summed E-state index contributed by atoms with van der Waals surface area (Å²) in [4.78, 5) is 13.6. The molecule has 0 aliphatic rings. The maximum Gasteiger partial charge on any atom is 0.142 e. The van der Waals surface area contributed by atoms with Crippen LogP contribution in [0, 0.1) is 17.1 Å². The number of nitriles is 1. The molecule has 0 fully saturated rings. The number of aryl methyl sites for hydroxylation is 1. The van der Waals surface area contributed by atoms with Gasteiger partial charge in [-0.3, -0.25) is 9.97 Å². The molecule has 3 aromatic heterocycles. The lowest BCUT2D eigenvalue weighted by Gasteiger charge is -1.99. The van der Waals surface area contributed by atoms with Crippen molar-refractivity contribution in [2.45, 2.75) is 13.3 Å². The van der Waals surface area contributed by atoms with Crippen molar-refractivity contribution >= 4 is 11.3 Å². The second-order valence-corrected chi connectivity index (χ2v) is 5.58. The highest BCUT2D eigenvalue weighted by molar-refractivity contribution is 7.18. The number of pyridine rings is 2. The van der Waals surface area contributed by atoms with Gasteiger partial charge in [0.25, 0.3) is 0 Å². The van der Waals surface area contributed by atoms with E-state index in [0.717, 1.165) is 23.2 Å². The van der Waals surface area contributed by atoms with Crippen LogP contribution in [0.25, 0.3) is 21.1 Å². The average molecular weight is 310 g/mol. The van der Waals surface area contributed by atoms with E-state index < -0.39 is 5.82 Å². The van der Waals surface area contributed by atoms with Gasteiger partial charge in [-0.05, 0) is 24.6 Å². The molecule has 0 saturated carbocycles. The third-order valence-electron chi connectivity index (χ3n) is 3.11. The third-order valence-corrected chi connectivity index (χ3v) is 4.27. The molecular formula is C16H11FN4S. The lowest BCUT2D eigenvalue weighted by molar-refractivity contribution is 0.622. The molecule has 4 nitrogen and oxygen atoms in total. The van der Waals surface area contributed by atoms with Gasteiger partial charge in [0.2, 0.25) is 0 Å². The summed E-state index contributed by atoms with van der Waals surface area (Å²) in [6, 6.07) is 6.91. The first-order valence-corrected chi connectivity index (χ1v) is 7.50. The third kappa shape index (κ3) is 2.71. The van der Waals surface area contributed by atoms with E-state index >= 15 is 0 Å². The van der Waals surface area contributed by atoms with Gasteiger partial charge >= 0.3 is 0 Å². The van der Waals surface area contributed by atoms with Crippen LogP contribution >= 0.6 is 11.3 Å². The Labute approximate surface area is 130 Å². The molecular weight excluding hydrogens is 299 g/mol. The normalized spacial score (nSPS) is 10.4. The van der Waals surface area contributed by atoms with Crippen LogP contribution in [-0.4, -0.2) is 15.0 Å². The Bertz CT molecular complexity index is 867. The fraction of sp³-hybridized carbons (Fsp3) is 0.125. The number of hydrogen-bond donors (Lipinski definition) is 0. The van der Waals surface area contributed by atoms with Gasteiger partial charge in [0.15, 0.2) is 0 Å². The van der Waals surface area contributed by atoms with E-state index in [1.54, 1.807) is 24.5 Å². The number of thiazole rings is 1. The monoisotopic (exact) mass is 310 g/mol. The number of halogens is 1. The summed E-state index contributed by atoms with van der Waals surface area (Å²) < 4.78 is 13.3. The Morgan fingerprint density at radius 3 is 2.91 bits per heavy atom. The van der Waals surface area contributed by atoms with Gasteiger partial charge in [0, 0.05) is 18.0 Å². The van der Waals surface area contributed by atoms with Gasteiger partial charge in [-0.15, -0.1) is 11.3 Å². The zero-order valence-corrected chi connectivity index (χ0v) is 12.6. The Morgan fingerprint density at radius 2 is 2.18 bits per heavy atom. The fourth-order valence-electron chi connectivity index (χ4n) is 2.07. The van der Waals surface area contributed by atoms with Crippen molar-refractivity contribution < 1.29 is 4.39 Å². The Hall–Kier alpha value is -2.65. The smallest absolute Gasteiger partial charge is 0.142 e. The van der Waals surface area contributed by atoms with Gasteiger partial charge in [0.05, 0.1) is 34.1 Å². The highest BCUT2D eigenvalue weighted by Gasteiger charge is 2.15. The summed E-state index contributed by atoms with van der Waals surface area (Å²) in [5.41, 5.74) is 2.78. The summed E-state index contributed by atoms with van der Waals surface area (Å²) in [5, 5.41) is 9.71. The molecule has 0 aliphatic carbocycles. The predicted molar refractivity (Wildman–Crippen MR) is 82.6 cm³/mol. The van der Waals surface area contributed by atoms with Crippen LogP contribution in [0.5, 0.6) is 0 Å². The quantitative estimate of drug-likeness (QED) is 0.737. The molecule has 22 heavy (non-hydrogen) atoms. The summed E-state index contributed by atoms with van der Waals surface area (Å²) in [6.45, 7) is 2.00. The van der Waals surface area contributed by atoms with Crippen molar-refractivity contribution in [1.82, 2.24) is 15.0 Å². The van der Waals surface area contributed by atoms with Crippen molar-refractivity contribution in [2.75, 3.05) is 0 Å². The van der Waals surface area contributed by atoms with Crippen molar-refractivity contribution in [2.24, 2.45) is 0 Å². The summed E-state index contributed by atoms with van der Waals surface area (Å²) >= 11 is 1.43. The van der Waals surface area contributed by atoms with E-state index in [1.807, 2.05) is 6.92 Å². The van der Waals surface area contributed by atoms with Crippen LogP contribution in [0.2, 0.25) is 0 Å². The number of hydrogen-bond acceptors (Lipinski definition) is 5. The van der Waals surface area contributed by atoms with Crippen LogP contribution in [0.3, 0.4) is 0 Å². The minimum Gasteiger partial charge on any atom is -0.261 e. The number of rotatable bonds is 3. The summed E-state index contributed by atoms with van der Waals surface area (Å²) in [6.07, 6.45) is 5.09. The Balaban J connectivity index is 2.11. The van der Waals surface area contributed by atoms with Gasteiger partial charge in [-0.25, -0.2) is 9.37 Å². The molecule has 0 aromatic carbocycles. The topological polar surface area (TPSA) is 62.5 Å². The van der Waals surface area contributed by atoms with E-state index in [2.05, 4.69) is 21.0 Å². The zero-order chi connectivity index (χ0) is 15.5. The maximum absolute atomic E-state index is 13.3. The van der Waals surface area contributed by atoms with Crippen LogP contribution in [0.4, 0.5) is 4.39 Å². The summed E-state index contributed by atoms with van der Waals surface area (Å²) in [5.74, 6) is -0.392. The first-order valence-electron chi connectivity index (χ1n) is 6.68. The van der Waals surface area contributed by atoms with Crippen LogP contribution < -0.4 is 0 Å². The van der Waals surface area contributed by atoms with E-state index in [4.69, 9.17) is 5.26 Å². The van der Waals surface area contributed by atoms with Gasteiger partial charge in [0.1, 0.15) is 10.8 Å². The van der Waals surface area contributed by atoms with Crippen LogP contribution in [-0.2, 0) is 6.42 Å². The molecule has 0 bridgehead atoms. The van der Waals surface area contributed by atoms with Crippen molar-refractivity contribution in [3.8, 4) is 27.2 Å². The minimum absolute atomic E-state index is 0.392. The standard InChI is InChI=1S/C16H11FN4S/c1-2-13-15(14-5-10(7-18)3-4-20-14)22-16(21-13)11-6-12(17)9-19-8-11/h3-6,8-9H,2H2,1H3. The van der Waals surface area contributed by atoms with Crippen molar-refractivity contribution in [3.05, 3.63) is 53.9 Å².